The van der Waals surface area contributed by atoms with Crippen LogP contribution in [-0.2, 0) is 4.79 Å². The van der Waals surface area contributed by atoms with Gasteiger partial charge in [-0.15, -0.1) is 0 Å². The molecule has 2 heteroatoms. The number of rotatable bonds is 3. The molecule has 0 heterocycles. The lowest BCUT2D eigenvalue weighted by Crippen LogP contribution is -2.52. The van der Waals surface area contributed by atoms with Gasteiger partial charge in [-0.2, -0.15) is 0 Å². The number of carbonyl (C=O) groups excluding carboxylic acids is 1. The molecule has 0 amide bonds. The summed E-state index contributed by atoms with van der Waals surface area (Å²) in [6, 6.07) is 0. The number of hydrogen-bond acceptors (Lipinski definition) is 2. The Bertz CT molecular complexity index is 213. The van der Waals surface area contributed by atoms with E-state index in [4.69, 9.17) is 0 Å². The van der Waals surface area contributed by atoms with E-state index in [2.05, 4.69) is 19.0 Å². The van der Waals surface area contributed by atoms with Crippen molar-refractivity contribution >= 4 is 5.78 Å². The van der Waals surface area contributed by atoms with Gasteiger partial charge in [-0.05, 0) is 26.9 Å². The summed E-state index contributed by atoms with van der Waals surface area (Å²) < 4.78 is 0. The van der Waals surface area contributed by atoms with Gasteiger partial charge in [0.2, 0.25) is 0 Å². The summed E-state index contributed by atoms with van der Waals surface area (Å²) in [5.41, 5.74) is -0.162. The minimum Gasteiger partial charge on any atom is -0.297 e. The summed E-state index contributed by atoms with van der Waals surface area (Å²) >= 11 is 0. The molecule has 2 nitrogen and oxygen atoms in total. The van der Waals surface area contributed by atoms with Crippen molar-refractivity contribution in [3.05, 3.63) is 0 Å². The molecule has 0 aromatic rings. The van der Waals surface area contributed by atoms with Crippen LogP contribution in [0.1, 0.15) is 52.4 Å². The van der Waals surface area contributed by atoms with Crippen molar-refractivity contribution in [3.63, 3.8) is 0 Å². The summed E-state index contributed by atoms with van der Waals surface area (Å²) in [6.07, 6.45) is 7.10. The standard InChI is InChI=1S/C13H25NO/c1-11(2)12(15)13(14(3)4)9-7-5-6-8-10-13/h11H,5-10H2,1-4H3. The molecular formula is C13H25NO. The van der Waals surface area contributed by atoms with Crippen molar-refractivity contribution in [2.75, 3.05) is 14.1 Å². The van der Waals surface area contributed by atoms with E-state index in [9.17, 15) is 4.79 Å². The minimum atomic E-state index is -0.162. The Hall–Kier alpha value is -0.370. The predicted octanol–water partition coefficient (Wildman–Crippen LogP) is 2.87. The third kappa shape index (κ3) is 2.60. The van der Waals surface area contributed by atoms with E-state index in [1.165, 1.54) is 25.7 Å². The second-order valence-electron chi connectivity index (χ2n) is 5.36. The van der Waals surface area contributed by atoms with Gasteiger partial charge >= 0.3 is 0 Å². The van der Waals surface area contributed by atoms with Crippen LogP contribution in [0.2, 0.25) is 0 Å². The van der Waals surface area contributed by atoms with Crippen LogP contribution in [0.5, 0.6) is 0 Å². The van der Waals surface area contributed by atoms with E-state index in [1.54, 1.807) is 0 Å². The Balaban J connectivity index is 2.90. The van der Waals surface area contributed by atoms with Gasteiger partial charge < -0.3 is 0 Å². The van der Waals surface area contributed by atoms with Gasteiger partial charge in [0.15, 0.2) is 5.78 Å². The molecule has 1 aliphatic carbocycles. The minimum absolute atomic E-state index is 0.158. The zero-order valence-corrected chi connectivity index (χ0v) is 10.7. The molecule has 1 aliphatic rings. The third-order valence-corrected chi connectivity index (χ3v) is 3.77. The molecule has 88 valence electrons. The van der Waals surface area contributed by atoms with Crippen LogP contribution in [0.15, 0.2) is 0 Å². The number of hydrogen-bond donors (Lipinski definition) is 0. The van der Waals surface area contributed by atoms with Crippen LogP contribution in [0, 0.1) is 5.92 Å². The molecule has 1 rings (SSSR count). The molecule has 0 aliphatic heterocycles. The topological polar surface area (TPSA) is 20.3 Å². The highest BCUT2D eigenvalue weighted by Crippen LogP contribution is 2.33. The lowest BCUT2D eigenvalue weighted by molar-refractivity contribution is -0.133. The van der Waals surface area contributed by atoms with E-state index >= 15 is 0 Å². The molecule has 0 saturated heterocycles. The van der Waals surface area contributed by atoms with Gasteiger partial charge in [0.05, 0.1) is 5.54 Å². The average Bonchev–Trinajstić information content (AvgIpc) is 2.42. The highest BCUT2D eigenvalue weighted by atomic mass is 16.1. The third-order valence-electron chi connectivity index (χ3n) is 3.77. The first-order valence-corrected chi connectivity index (χ1v) is 6.22. The van der Waals surface area contributed by atoms with Crippen molar-refractivity contribution in [3.8, 4) is 0 Å². The lowest BCUT2D eigenvalue weighted by atomic mass is 9.80. The highest BCUT2D eigenvalue weighted by molar-refractivity contribution is 5.89. The van der Waals surface area contributed by atoms with E-state index in [1.807, 2.05) is 13.8 Å². The van der Waals surface area contributed by atoms with E-state index in [0.29, 0.717) is 5.78 Å². The SMILES string of the molecule is CC(C)C(=O)C1(N(C)C)CCCCCC1. The maximum atomic E-state index is 12.4. The second kappa shape index (κ2) is 5.11. The first-order valence-electron chi connectivity index (χ1n) is 6.22. The smallest absolute Gasteiger partial charge is 0.155 e. The maximum absolute atomic E-state index is 12.4. The van der Waals surface area contributed by atoms with Crippen LogP contribution in [0.3, 0.4) is 0 Å². The molecule has 0 aromatic carbocycles. The van der Waals surface area contributed by atoms with Gasteiger partial charge in [0, 0.05) is 5.92 Å². The van der Waals surface area contributed by atoms with Crippen LogP contribution in [-0.4, -0.2) is 30.3 Å². The van der Waals surface area contributed by atoms with E-state index < -0.39 is 0 Å². The number of likely N-dealkylation sites (N-methyl/N-ethyl adjacent to an activating group) is 1. The Labute approximate surface area is 94.0 Å². The summed E-state index contributed by atoms with van der Waals surface area (Å²) in [5, 5.41) is 0. The number of carbonyl (C=O) groups is 1. The fraction of sp³-hybridized carbons (Fsp3) is 0.923. The first kappa shape index (κ1) is 12.7. The molecule has 1 fully saturated rings. The van der Waals surface area contributed by atoms with Crippen molar-refractivity contribution in [1.29, 1.82) is 0 Å². The highest BCUT2D eigenvalue weighted by Gasteiger charge is 2.41. The largest absolute Gasteiger partial charge is 0.297 e. The quantitative estimate of drug-likeness (QED) is 0.669. The van der Waals surface area contributed by atoms with Crippen LogP contribution < -0.4 is 0 Å². The van der Waals surface area contributed by atoms with Crippen molar-refractivity contribution < 1.29 is 4.79 Å². The van der Waals surface area contributed by atoms with Crippen molar-refractivity contribution in [2.45, 2.75) is 57.9 Å². The maximum Gasteiger partial charge on any atom is 0.155 e. The van der Waals surface area contributed by atoms with Gasteiger partial charge in [-0.25, -0.2) is 0 Å². The molecule has 0 aromatic heterocycles. The molecule has 0 unspecified atom stereocenters. The number of nitrogens with zero attached hydrogens (tertiary/aromatic N) is 1. The summed E-state index contributed by atoms with van der Waals surface area (Å²) in [5.74, 6) is 0.597. The normalized spacial score (nSPS) is 21.7. The molecule has 0 bridgehead atoms. The van der Waals surface area contributed by atoms with Gasteiger partial charge in [0.25, 0.3) is 0 Å². The summed E-state index contributed by atoms with van der Waals surface area (Å²) in [7, 11) is 4.12. The van der Waals surface area contributed by atoms with Crippen LogP contribution in [0.4, 0.5) is 0 Å². The van der Waals surface area contributed by atoms with Crippen LogP contribution in [0.25, 0.3) is 0 Å². The molecule has 0 spiro atoms. The summed E-state index contributed by atoms with van der Waals surface area (Å²) in [4.78, 5) is 14.5. The predicted molar refractivity (Wildman–Crippen MR) is 64.0 cm³/mol. The van der Waals surface area contributed by atoms with E-state index in [0.717, 1.165) is 12.8 Å². The molecule has 15 heavy (non-hydrogen) atoms. The average molecular weight is 211 g/mol. The molecule has 1 saturated carbocycles. The van der Waals surface area contributed by atoms with Gasteiger partial charge in [0.1, 0.15) is 0 Å². The van der Waals surface area contributed by atoms with E-state index in [-0.39, 0.29) is 11.5 Å². The zero-order valence-electron chi connectivity index (χ0n) is 10.7. The van der Waals surface area contributed by atoms with Gasteiger partial charge in [-0.3, -0.25) is 9.69 Å². The van der Waals surface area contributed by atoms with Crippen molar-refractivity contribution in [1.82, 2.24) is 4.90 Å². The molecule has 0 atom stereocenters. The second-order valence-corrected chi connectivity index (χ2v) is 5.36. The molecular weight excluding hydrogens is 186 g/mol. The van der Waals surface area contributed by atoms with Crippen LogP contribution >= 0.6 is 0 Å². The Morgan fingerprint density at radius 1 is 1.07 bits per heavy atom. The fourth-order valence-corrected chi connectivity index (χ4v) is 2.76. The first-order chi connectivity index (χ1) is 7.00. The zero-order chi connectivity index (χ0) is 11.5. The Morgan fingerprint density at radius 3 is 1.87 bits per heavy atom. The number of Topliss-reactive ketones (excluding diaryl/α,β-unsaturated/α-hetero) is 1. The Kier molecular flexibility index (Phi) is 4.32. The Morgan fingerprint density at radius 2 is 1.53 bits per heavy atom. The lowest BCUT2D eigenvalue weighted by Gasteiger charge is -2.39. The fourth-order valence-electron chi connectivity index (χ4n) is 2.76. The monoisotopic (exact) mass is 211 g/mol. The van der Waals surface area contributed by atoms with Gasteiger partial charge in [-0.1, -0.05) is 39.5 Å². The molecule has 0 radical (unpaired) electrons. The van der Waals surface area contributed by atoms with Crippen molar-refractivity contribution in [2.24, 2.45) is 5.92 Å². The number of ketones is 1. The molecule has 0 N–H and O–H groups in total. The summed E-state index contributed by atoms with van der Waals surface area (Å²) in [6.45, 7) is 4.05.